The zero-order valence-corrected chi connectivity index (χ0v) is 24.0. The summed E-state index contributed by atoms with van der Waals surface area (Å²) in [6.07, 6.45) is 4.85. The highest BCUT2D eigenvalue weighted by Crippen LogP contribution is 2.44. The molecule has 4 fully saturated rings. The molecule has 4 atom stereocenters. The normalized spacial score (nSPS) is 27.0. The van der Waals surface area contributed by atoms with Gasteiger partial charge in [0.05, 0.1) is 10.9 Å². The van der Waals surface area contributed by atoms with E-state index in [1.165, 1.54) is 24.4 Å². The summed E-state index contributed by atoms with van der Waals surface area (Å²) in [5, 5.41) is 11.6. The molecule has 4 aliphatic heterocycles. The third kappa shape index (κ3) is 4.47. The van der Waals surface area contributed by atoms with Crippen LogP contribution in [0.15, 0.2) is 30.5 Å². The third-order valence-corrected chi connectivity index (χ3v) is 11.0. The smallest absolute Gasteiger partial charge is 0.319 e. The fourth-order valence-corrected chi connectivity index (χ4v) is 9.14. The molecule has 0 spiro atoms. The molecule has 0 amide bonds. The Kier molecular flexibility index (Phi) is 6.38. The van der Waals surface area contributed by atoms with Crippen molar-refractivity contribution in [1.29, 1.82) is 0 Å². The van der Waals surface area contributed by atoms with E-state index in [0.29, 0.717) is 34.7 Å². The van der Waals surface area contributed by atoms with Crippen molar-refractivity contribution in [3.05, 3.63) is 47.9 Å². The lowest BCUT2D eigenvalue weighted by Gasteiger charge is -2.33. The fourth-order valence-electron chi connectivity index (χ4n) is 7.52. The molecular formula is C31H29F4N5O2S. The van der Waals surface area contributed by atoms with Gasteiger partial charge in [-0.25, -0.2) is 17.6 Å². The van der Waals surface area contributed by atoms with Crippen LogP contribution in [0, 0.1) is 17.5 Å². The number of alkyl halides is 1. The van der Waals surface area contributed by atoms with Crippen LogP contribution in [-0.2, 0) is 0 Å². The van der Waals surface area contributed by atoms with Gasteiger partial charge in [0.1, 0.15) is 35.6 Å². The molecule has 43 heavy (non-hydrogen) atoms. The number of anilines is 1. The highest BCUT2D eigenvalue weighted by Gasteiger charge is 2.49. The van der Waals surface area contributed by atoms with Crippen LogP contribution in [0.1, 0.15) is 32.1 Å². The summed E-state index contributed by atoms with van der Waals surface area (Å²) in [6.45, 7) is 2.83. The molecule has 4 aliphatic rings. The van der Waals surface area contributed by atoms with E-state index in [9.17, 15) is 13.9 Å². The van der Waals surface area contributed by atoms with E-state index in [-0.39, 0.29) is 45.9 Å². The number of fused-ring (bicyclic) bond motifs is 5. The van der Waals surface area contributed by atoms with E-state index in [1.807, 2.05) is 11.8 Å². The SMILES string of the molecule is Oc1cc(-c2ncc3c(N4CC5CCC(C4)S5)nc(OC[C@@]45CCCN4C[C@H](F)C5)nc3c2F)c2c(F)c(F)ccc2c1. The summed E-state index contributed by atoms with van der Waals surface area (Å²) < 4.78 is 66.5. The number of rotatable bonds is 5. The molecule has 4 saturated heterocycles. The van der Waals surface area contributed by atoms with Crippen LogP contribution < -0.4 is 9.64 Å². The number of halogens is 4. The van der Waals surface area contributed by atoms with Crippen molar-refractivity contribution < 1.29 is 27.4 Å². The fraction of sp³-hybridized carbons (Fsp3) is 0.452. The van der Waals surface area contributed by atoms with Crippen molar-refractivity contribution in [3.8, 4) is 23.0 Å². The number of aromatic hydroxyl groups is 1. The Morgan fingerprint density at radius 1 is 1.05 bits per heavy atom. The number of phenols is 1. The lowest BCUT2D eigenvalue weighted by atomic mass is 9.95. The molecule has 0 saturated carbocycles. The monoisotopic (exact) mass is 611 g/mol. The summed E-state index contributed by atoms with van der Waals surface area (Å²) in [4.78, 5) is 17.9. The van der Waals surface area contributed by atoms with Crippen molar-refractivity contribution in [3.63, 3.8) is 0 Å². The second-order valence-electron chi connectivity index (χ2n) is 12.2. The predicted octanol–water partition coefficient (Wildman–Crippen LogP) is 6.01. The van der Waals surface area contributed by atoms with Gasteiger partial charge in [-0.05, 0) is 55.8 Å². The average Bonchev–Trinajstić information content (AvgIpc) is 3.63. The minimum Gasteiger partial charge on any atom is -0.508 e. The second-order valence-corrected chi connectivity index (χ2v) is 13.8. The van der Waals surface area contributed by atoms with Gasteiger partial charge < -0.3 is 14.7 Å². The quantitative estimate of drug-likeness (QED) is 0.275. The number of ether oxygens (including phenoxy) is 1. The summed E-state index contributed by atoms with van der Waals surface area (Å²) in [5.74, 6) is -2.86. The van der Waals surface area contributed by atoms with Gasteiger partial charge in [-0.2, -0.15) is 21.7 Å². The number of benzene rings is 2. The lowest BCUT2D eigenvalue weighted by molar-refractivity contribution is 0.107. The lowest BCUT2D eigenvalue weighted by Crippen LogP contribution is -2.43. The van der Waals surface area contributed by atoms with Crippen LogP contribution in [0.2, 0.25) is 0 Å². The van der Waals surface area contributed by atoms with Gasteiger partial charge in [-0.3, -0.25) is 9.88 Å². The van der Waals surface area contributed by atoms with Crippen molar-refractivity contribution >= 4 is 39.3 Å². The first-order valence-corrected chi connectivity index (χ1v) is 15.6. The number of hydrogen-bond donors (Lipinski definition) is 1. The first-order chi connectivity index (χ1) is 20.8. The Hall–Kier alpha value is -3.38. The maximum atomic E-state index is 16.6. The molecule has 2 aromatic heterocycles. The standard InChI is InChI=1S/C31H29F4N5O2S/c32-17-10-31(6-1-7-40(31)12-17)15-42-30-37-28-22(29(38-30)39-13-19-3-4-20(14-39)43-19)11-36-27(26(28)35)21-9-18(41)8-16-2-5-23(33)25(34)24(16)21/h2,5,8-9,11,17,19-20,41H,1,3-4,6-7,10,12-15H2/t17-,19?,20?,31+/m1/s1. The Bertz CT molecular complexity index is 1770. The van der Waals surface area contributed by atoms with Gasteiger partial charge in [-0.15, -0.1) is 0 Å². The zero-order valence-electron chi connectivity index (χ0n) is 23.2. The van der Waals surface area contributed by atoms with Crippen molar-refractivity contribution in [2.45, 2.75) is 54.3 Å². The molecule has 2 aromatic carbocycles. The summed E-state index contributed by atoms with van der Waals surface area (Å²) in [5.41, 5.74) is -0.885. The second kappa shape index (κ2) is 10.1. The molecule has 224 valence electrons. The van der Waals surface area contributed by atoms with E-state index in [1.54, 1.807) is 0 Å². The molecule has 7 nitrogen and oxygen atoms in total. The number of thioether (sulfide) groups is 1. The number of phenolic OH excluding ortho intramolecular Hbond substituents is 1. The Morgan fingerprint density at radius 2 is 1.86 bits per heavy atom. The van der Waals surface area contributed by atoms with E-state index in [4.69, 9.17) is 9.72 Å². The van der Waals surface area contributed by atoms with Gasteiger partial charge in [-0.1, -0.05) is 6.07 Å². The minimum absolute atomic E-state index is 0.0225. The number of hydrogen-bond acceptors (Lipinski definition) is 8. The molecular weight excluding hydrogens is 582 g/mol. The number of pyridine rings is 1. The summed E-state index contributed by atoms with van der Waals surface area (Å²) >= 11 is 1.97. The Morgan fingerprint density at radius 3 is 2.67 bits per heavy atom. The summed E-state index contributed by atoms with van der Waals surface area (Å²) in [7, 11) is 0. The van der Waals surface area contributed by atoms with Gasteiger partial charge in [0.25, 0.3) is 0 Å². The van der Waals surface area contributed by atoms with Crippen LogP contribution in [0.3, 0.4) is 0 Å². The van der Waals surface area contributed by atoms with Gasteiger partial charge in [0.15, 0.2) is 17.5 Å². The van der Waals surface area contributed by atoms with Crippen molar-refractivity contribution in [2.75, 3.05) is 37.7 Å². The maximum Gasteiger partial charge on any atom is 0.319 e. The van der Waals surface area contributed by atoms with E-state index in [2.05, 4.69) is 19.8 Å². The molecule has 0 aliphatic carbocycles. The third-order valence-electron chi connectivity index (χ3n) is 9.46. The molecule has 1 N–H and O–H groups in total. The summed E-state index contributed by atoms with van der Waals surface area (Å²) in [6, 6.07) is 4.71. The molecule has 4 aromatic rings. The van der Waals surface area contributed by atoms with Crippen LogP contribution in [0.5, 0.6) is 11.8 Å². The van der Waals surface area contributed by atoms with E-state index >= 15 is 8.78 Å². The largest absolute Gasteiger partial charge is 0.508 e. The number of nitrogens with zero attached hydrogens (tertiary/aromatic N) is 5. The first kappa shape index (κ1) is 27.2. The topological polar surface area (TPSA) is 74.6 Å². The molecule has 0 radical (unpaired) electrons. The molecule has 6 heterocycles. The van der Waals surface area contributed by atoms with Crippen LogP contribution in [0.4, 0.5) is 23.4 Å². The van der Waals surface area contributed by atoms with Crippen LogP contribution >= 0.6 is 11.8 Å². The van der Waals surface area contributed by atoms with Gasteiger partial charge in [0, 0.05) is 53.7 Å². The highest BCUT2D eigenvalue weighted by atomic mass is 32.2. The van der Waals surface area contributed by atoms with Crippen LogP contribution in [-0.4, -0.2) is 80.0 Å². The predicted molar refractivity (Wildman–Crippen MR) is 157 cm³/mol. The maximum absolute atomic E-state index is 16.6. The van der Waals surface area contributed by atoms with E-state index < -0.39 is 29.2 Å². The molecule has 8 rings (SSSR count). The Balaban J connectivity index is 1.26. The first-order valence-electron chi connectivity index (χ1n) is 14.7. The van der Waals surface area contributed by atoms with Gasteiger partial charge in [0.2, 0.25) is 0 Å². The number of aromatic nitrogens is 3. The molecule has 2 unspecified atom stereocenters. The van der Waals surface area contributed by atoms with E-state index in [0.717, 1.165) is 51.4 Å². The minimum atomic E-state index is -1.16. The molecule has 12 heteroatoms. The zero-order chi connectivity index (χ0) is 29.5. The average molecular weight is 612 g/mol. The highest BCUT2D eigenvalue weighted by molar-refractivity contribution is 8.00. The Labute approximate surface area is 249 Å². The van der Waals surface area contributed by atoms with Crippen molar-refractivity contribution in [2.24, 2.45) is 0 Å². The van der Waals surface area contributed by atoms with Gasteiger partial charge >= 0.3 is 6.01 Å². The van der Waals surface area contributed by atoms with Crippen molar-refractivity contribution in [1.82, 2.24) is 19.9 Å². The molecule has 2 bridgehead atoms. The van der Waals surface area contributed by atoms with Crippen LogP contribution in [0.25, 0.3) is 32.9 Å².